The van der Waals surface area contributed by atoms with Gasteiger partial charge in [0.05, 0.1) is 5.69 Å². The van der Waals surface area contributed by atoms with E-state index < -0.39 is 22.7 Å². The summed E-state index contributed by atoms with van der Waals surface area (Å²) in [5, 5.41) is 8.58. The third-order valence-electron chi connectivity index (χ3n) is 2.40. The molecule has 0 radical (unpaired) electrons. The van der Waals surface area contributed by atoms with E-state index in [0.29, 0.717) is 5.69 Å². The summed E-state index contributed by atoms with van der Waals surface area (Å²) < 4.78 is 26.8. The first-order valence-electron chi connectivity index (χ1n) is 5.25. The lowest BCUT2D eigenvalue weighted by atomic mass is 10.1. The number of carboxylic acids is 1. The van der Waals surface area contributed by atoms with Crippen molar-refractivity contribution in [1.82, 2.24) is 4.31 Å². The number of aliphatic carboxylic acids is 1. The van der Waals surface area contributed by atoms with E-state index in [1.807, 2.05) is 13.0 Å². The molecular formula is C11H16N2O4S. The number of nitrogens with zero attached hydrogens (tertiary/aromatic N) is 1. The van der Waals surface area contributed by atoms with Gasteiger partial charge < -0.3 is 5.11 Å². The zero-order chi connectivity index (χ0) is 13.9. The van der Waals surface area contributed by atoms with Crippen LogP contribution in [0.1, 0.15) is 11.1 Å². The molecule has 0 saturated carbocycles. The first kappa shape index (κ1) is 14.5. The second-order valence-electron chi connectivity index (χ2n) is 4.08. The Morgan fingerprint density at radius 1 is 1.39 bits per heavy atom. The average molecular weight is 272 g/mol. The van der Waals surface area contributed by atoms with Gasteiger partial charge in [-0.25, -0.2) is 0 Å². The highest BCUT2D eigenvalue weighted by Crippen LogP contribution is 2.18. The van der Waals surface area contributed by atoms with Crippen LogP contribution in [0.2, 0.25) is 0 Å². The standard InChI is InChI=1S/C11H16N2O4S/c1-8-4-5-9(2)10(6-8)12-18(16,17)13(3)7-11(14)15/h4-6,12H,7H2,1-3H3,(H,14,15). The summed E-state index contributed by atoms with van der Waals surface area (Å²) in [6, 6.07) is 5.36. The van der Waals surface area contributed by atoms with Gasteiger partial charge in [-0.1, -0.05) is 12.1 Å². The first-order valence-corrected chi connectivity index (χ1v) is 6.69. The van der Waals surface area contributed by atoms with Crippen molar-refractivity contribution in [2.45, 2.75) is 13.8 Å². The number of benzene rings is 1. The molecule has 1 aromatic carbocycles. The molecule has 0 heterocycles. The fraction of sp³-hybridized carbons (Fsp3) is 0.364. The number of anilines is 1. The summed E-state index contributed by atoms with van der Waals surface area (Å²) in [4.78, 5) is 10.5. The Bertz CT molecular complexity index is 554. The van der Waals surface area contributed by atoms with E-state index in [2.05, 4.69) is 4.72 Å². The Hall–Kier alpha value is -1.60. The topological polar surface area (TPSA) is 86.7 Å². The second kappa shape index (κ2) is 5.36. The van der Waals surface area contributed by atoms with E-state index in [1.54, 1.807) is 19.1 Å². The van der Waals surface area contributed by atoms with Crippen molar-refractivity contribution in [3.8, 4) is 0 Å². The maximum atomic E-state index is 11.9. The van der Waals surface area contributed by atoms with Gasteiger partial charge in [0, 0.05) is 7.05 Å². The number of likely N-dealkylation sites (N-methyl/N-ethyl adjacent to an activating group) is 1. The molecule has 0 aliphatic rings. The molecule has 0 unspecified atom stereocenters. The molecule has 1 aromatic rings. The highest BCUT2D eigenvalue weighted by atomic mass is 32.2. The minimum absolute atomic E-state index is 0.451. The molecule has 0 spiro atoms. The fourth-order valence-electron chi connectivity index (χ4n) is 1.34. The van der Waals surface area contributed by atoms with Gasteiger partial charge in [-0.15, -0.1) is 0 Å². The summed E-state index contributed by atoms with van der Waals surface area (Å²) in [6.45, 7) is 3.03. The third kappa shape index (κ3) is 3.71. The molecule has 0 aliphatic carbocycles. The Labute approximate surface area is 106 Å². The van der Waals surface area contributed by atoms with Gasteiger partial charge in [-0.2, -0.15) is 12.7 Å². The van der Waals surface area contributed by atoms with Crippen molar-refractivity contribution in [3.05, 3.63) is 29.3 Å². The Morgan fingerprint density at radius 2 is 2.00 bits per heavy atom. The molecule has 0 saturated heterocycles. The summed E-state index contributed by atoms with van der Waals surface area (Å²) in [5.74, 6) is -1.20. The van der Waals surface area contributed by atoms with Crippen LogP contribution in [0.25, 0.3) is 0 Å². The maximum Gasteiger partial charge on any atom is 0.318 e. The van der Waals surface area contributed by atoms with Crippen LogP contribution in [0, 0.1) is 13.8 Å². The molecule has 18 heavy (non-hydrogen) atoms. The molecule has 0 amide bonds. The van der Waals surface area contributed by atoms with Crippen LogP contribution in [0.15, 0.2) is 18.2 Å². The monoisotopic (exact) mass is 272 g/mol. The van der Waals surface area contributed by atoms with Crippen molar-refractivity contribution in [1.29, 1.82) is 0 Å². The predicted molar refractivity (Wildman–Crippen MR) is 68.7 cm³/mol. The molecule has 0 atom stereocenters. The Morgan fingerprint density at radius 3 is 2.56 bits per heavy atom. The third-order valence-corrected chi connectivity index (χ3v) is 3.83. The van der Waals surface area contributed by atoms with Crippen LogP contribution in [-0.2, 0) is 15.0 Å². The highest BCUT2D eigenvalue weighted by Gasteiger charge is 2.20. The Kier molecular flexibility index (Phi) is 4.31. The van der Waals surface area contributed by atoms with Gasteiger partial charge in [0.2, 0.25) is 0 Å². The summed E-state index contributed by atoms with van der Waals surface area (Å²) in [5.41, 5.74) is 2.14. The second-order valence-corrected chi connectivity index (χ2v) is 5.85. The van der Waals surface area contributed by atoms with Crippen molar-refractivity contribution < 1.29 is 18.3 Å². The number of rotatable bonds is 5. The van der Waals surface area contributed by atoms with Crippen LogP contribution >= 0.6 is 0 Å². The van der Waals surface area contributed by atoms with Gasteiger partial charge in [-0.05, 0) is 31.0 Å². The lowest BCUT2D eigenvalue weighted by molar-refractivity contribution is -0.137. The zero-order valence-electron chi connectivity index (χ0n) is 10.5. The number of carboxylic acid groups (broad SMARTS) is 1. The van der Waals surface area contributed by atoms with E-state index in [-0.39, 0.29) is 0 Å². The van der Waals surface area contributed by atoms with Crippen LogP contribution in [0.4, 0.5) is 5.69 Å². The van der Waals surface area contributed by atoms with E-state index in [4.69, 9.17) is 5.11 Å². The molecule has 0 fully saturated rings. The molecule has 0 bridgehead atoms. The summed E-state index contributed by atoms with van der Waals surface area (Å²) in [6.07, 6.45) is 0. The lowest BCUT2D eigenvalue weighted by Gasteiger charge is -2.17. The van der Waals surface area contributed by atoms with Gasteiger partial charge >= 0.3 is 16.2 Å². The van der Waals surface area contributed by atoms with E-state index >= 15 is 0 Å². The van der Waals surface area contributed by atoms with E-state index in [9.17, 15) is 13.2 Å². The quantitative estimate of drug-likeness (QED) is 0.836. The van der Waals surface area contributed by atoms with Crippen molar-refractivity contribution in [2.75, 3.05) is 18.3 Å². The van der Waals surface area contributed by atoms with Crippen molar-refractivity contribution >= 4 is 21.9 Å². The number of hydrogen-bond acceptors (Lipinski definition) is 3. The lowest BCUT2D eigenvalue weighted by Crippen LogP contribution is -2.36. The average Bonchev–Trinajstić information content (AvgIpc) is 2.22. The van der Waals surface area contributed by atoms with Crippen LogP contribution in [-0.4, -0.2) is 37.4 Å². The summed E-state index contributed by atoms with van der Waals surface area (Å²) in [7, 11) is -2.64. The SMILES string of the molecule is Cc1ccc(C)c(NS(=O)(=O)N(C)CC(=O)O)c1. The van der Waals surface area contributed by atoms with Gasteiger partial charge in [0.1, 0.15) is 6.54 Å². The number of nitrogens with one attached hydrogen (secondary N) is 1. The van der Waals surface area contributed by atoms with E-state index in [0.717, 1.165) is 15.4 Å². The summed E-state index contributed by atoms with van der Waals surface area (Å²) >= 11 is 0. The molecule has 7 heteroatoms. The normalized spacial score (nSPS) is 11.6. The van der Waals surface area contributed by atoms with Crippen molar-refractivity contribution in [2.24, 2.45) is 0 Å². The smallest absolute Gasteiger partial charge is 0.318 e. The molecule has 100 valence electrons. The minimum atomic E-state index is -3.85. The minimum Gasteiger partial charge on any atom is -0.480 e. The molecular weight excluding hydrogens is 256 g/mol. The van der Waals surface area contributed by atoms with E-state index in [1.165, 1.54) is 7.05 Å². The first-order chi connectivity index (χ1) is 8.22. The number of hydrogen-bond donors (Lipinski definition) is 2. The van der Waals surface area contributed by atoms with Crippen LogP contribution in [0.3, 0.4) is 0 Å². The molecule has 6 nitrogen and oxygen atoms in total. The largest absolute Gasteiger partial charge is 0.480 e. The predicted octanol–water partition coefficient (Wildman–Crippen LogP) is 0.977. The maximum absolute atomic E-state index is 11.9. The molecule has 2 N–H and O–H groups in total. The number of aryl methyl sites for hydroxylation is 2. The van der Waals surface area contributed by atoms with Gasteiger partial charge in [0.25, 0.3) is 0 Å². The van der Waals surface area contributed by atoms with Gasteiger partial charge in [0.15, 0.2) is 0 Å². The van der Waals surface area contributed by atoms with Crippen LogP contribution in [0.5, 0.6) is 0 Å². The van der Waals surface area contributed by atoms with Crippen molar-refractivity contribution in [3.63, 3.8) is 0 Å². The zero-order valence-corrected chi connectivity index (χ0v) is 11.3. The molecule has 0 aliphatic heterocycles. The fourth-order valence-corrected chi connectivity index (χ4v) is 2.27. The molecule has 0 aromatic heterocycles. The number of carbonyl (C=O) groups is 1. The van der Waals surface area contributed by atoms with Crippen LogP contribution < -0.4 is 4.72 Å². The molecule has 1 rings (SSSR count). The highest BCUT2D eigenvalue weighted by molar-refractivity contribution is 7.90. The Balaban J connectivity index is 2.95. The van der Waals surface area contributed by atoms with Gasteiger partial charge in [-0.3, -0.25) is 9.52 Å².